The summed E-state index contributed by atoms with van der Waals surface area (Å²) in [5.41, 5.74) is 0. The van der Waals surface area contributed by atoms with Gasteiger partial charge in [0.15, 0.2) is 11.5 Å². The summed E-state index contributed by atoms with van der Waals surface area (Å²) in [6.07, 6.45) is 2.05. The Morgan fingerprint density at radius 1 is 1.22 bits per heavy atom. The highest BCUT2D eigenvalue weighted by Crippen LogP contribution is 2.34. The van der Waals surface area contributed by atoms with Gasteiger partial charge in [-0.25, -0.2) is 0 Å². The summed E-state index contributed by atoms with van der Waals surface area (Å²) in [6, 6.07) is 0. The van der Waals surface area contributed by atoms with E-state index >= 15 is 0 Å². The minimum absolute atomic E-state index is 0.172. The zero-order valence-electron chi connectivity index (χ0n) is 9.87. The molecule has 0 spiro atoms. The molecule has 5 nitrogen and oxygen atoms in total. The lowest BCUT2D eigenvalue weighted by Crippen LogP contribution is -2.17. The van der Waals surface area contributed by atoms with Crippen LogP contribution >= 0.6 is 11.3 Å². The minimum atomic E-state index is -3.83. The Balaban J connectivity index is 1.71. The van der Waals surface area contributed by atoms with Crippen LogP contribution in [-0.4, -0.2) is 31.9 Å². The molecule has 1 N–H and O–H groups in total. The van der Waals surface area contributed by atoms with E-state index in [1.54, 1.807) is 11.3 Å². The first-order valence-corrected chi connectivity index (χ1v) is 8.37. The fourth-order valence-electron chi connectivity index (χ4n) is 1.83. The molecule has 0 amide bonds. The van der Waals surface area contributed by atoms with E-state index in [4.69, 9.17) is 14.0 Å². The van der Waals surface area contributed by atoms with Crippen LogP contribution in [-0.2, 0) is 10.1 Å². The molecule has 0 saturated carbocycles. The van der Waals surface area contributed by atoms with Crippen molar-refractivity contribution in [2.45, 2.75) is 19.3 Å². The Hall–Kier alpha value is -0.790. The molecule has 0 radical (unpaired) electrons. The number of unbranched alkanes of at least 4 members (excludes halogenated alkanes) is 1. The minimum Gasteiger partial charge on any atom is -0.488 e. The van der Waals surface area contributed by atoms with Crippen molar-refractivity contribution in [1.82, 2.24) is 0 Å². The fraction of sp³-hybridized carbons (Fsp3) is 0.636. The summed E-state index contributed by atoms with van der Waals surface area (Å²) in [5.74, 6) is 1.68. The van der Waals surface area contributed by atoms with Crippen LogP contribution in [0.3, 0.4) is 0 Å². The van der Waals surface area contributed by atoms with Gasteiger partial charge in [0.25, 0.3) is 10.1 Å². The van der Waals surface area contributed by atoms with Gasteiger partial charge in [-0.3, -0.25) is 4.55 Å². The average Bonchev–Trinajstić information content (AvgIpc) is 2.65. The van der Waals surface area contributed by atoms with Gasteiger partial charge in [0.2, 0.25) is 0 Å². The summed E-state index contributed by atoms with van der Waals surface area (Å²) in [4.78, 5) is 0. The third kappa shape index (κ3) is 4.15. The van der Waals surface area contributed by atoms with Crippen LogP contribution in [0.15, 0.2) is 10.8 Å². The Labute approximate surface area is 110 Å². The molecule has 18 heavy (non-hydrogen) atoms. The van der Waals surface area contributed by atoms with Crippen LogP contribution in [0, 0.1) is 5.92 Å². The molecule has 0 aromatic carbocycles. The van der Waals surface area contributed by atoms with Gasteiger partial charge in [0.05, 0.1) is 19.0 Å². The van der Waals surface area contributed by atoms with E-state index in [0.717, 1.165) is 24.3 Å². The summed E-state index contributed by atoms with van der Waals surface area (Å²) >= 11 is 1.55. The molecule has 0 saturated heterocycles. The van der Waals surface area contributed by atoms with Crippen LogP contribution in [0.5, 0.6) is 11.5 Å². The molecule has 0 bridgehead atoms. The van der Waals surface area contributed by atoms with Gasteiger partial charge in [-0.15, -0.1) is 11.3 Å². The Morgan fingerprint density at radius 3 is 2.39 bits per heavy atom. The second-order valence-electron chi connectivity index (χ2n) is 4.37. The zero-order chi connectivity index (χ0) is 13.0. The van der Waals surface area contributed by atoms with Crippen molar-refractivity contribution < 1.29 is 22.4 Å². The van der Waals surface area contributed by atoms with E-state index in [-0.39, 0.29) is 11.7 Å². The van der Waals surface area contributed by atoms with Gasteiger partial charge in [-0.2, -0.15) is 8.42 Å². The number of ether oxygens (including phenoxy) is 2. The standard InChI is InChI=1S/C11H16O5S2/c12-18(13,14)4-2-1-3-9-5-15-10-7-17-8-11(10)16-6-9/h7-9H,1-6H2,(H,12,13,14). The smallest absolute Gasteiger partial charge is 0.264 e. The van der Waals surface area contributed by atoms with Crippen molar-refractivity contribution >= 4 is 21.5 Å². The molecule has 0 unspecified atom stereocenters. The summed E-state index contributed by atoms with van der Waals surface area (Å²) < 4.78 is 41.0. The van der Waals surface area contributed by atoms with Crippen LogP contribution in [0.1, 0.15) is 19.3 Å². The highest BCUT2D eigenvalue weighted by atomic mass is 32.2. The maximum absolute atomic E-state index is 10.6. The van der Waals surface area contributed by atoms with E-state index in [2.05, 4.69) is 0 Å². The van der Waals surface area contributed by atoms with E-state index in [1.165, 1.54) is 0 Å². The number of hydrogen-bond donors (Lipinski definition) is 1. The predicted octanol–water partition coefficient (Wildman–Crippen LogP) is 2.19. The fourth-order valence-corrected chi connectivity index (χ4v) is 3.08. The first-order chi connectivity index (χ1) is 8.54. The molecule has 1 aromatic rings. The van der Waals surface area contributed by atoms with Gasteiger partial charge in [-0.1, -0.05) is 6.42 Å². The SMILES string of the molecule is O=S(=O)(O)CCCCC1COc2cscc2OC1. The van der Waals surface area contributed by atoms with Crippen molar-refractivity contribution in [3.63, 3.8) is 0 Å². The van der Waals surface area contributed by atoms with Crippen molar-refractivity contribution in [1.29, 1.82) is 0 Å². The molecule has 2 rings (SSSR count). The summed E-state index contributed by atoms with van der Waals surface area (Å²) in [6.45, 7) is 1.19. The van der Waals surface area contributed by atoms with Gasteiger partial charge in [0.1, 0.15) is 0 Å². The number of fused-ring (bicyclic) bond motifs is 1. The quantitative estimate of drug-likeness (QED) is 0.665. The maximum Gasteiger partial charge on any atom is 0.264 e. The molecular formula is C11H16O5S2. The molecule has 0 fully saturated rings. The molecule has 1 aliphatic heterocycles. The van der Waals surface area contributed by atoms with E-state index in [9.17, 15) is 8.42 Å². The monoisotopic (exact) mass is 292 g/mol. The predicted molar refractivity (Wildman–Crippen MR) is 69.1 cm³/mol. The van der Waals surface area contributed by atoms with Crippen LogP contribution in [0.4, 0.5) is 0 Å². The molecule has 1 aliphatic rings. The second-order valence-corrected chi connectivity index (χ2v) is 6.69. The molecule has 1 aromatic heterocycles. The summed E-state index contributed by atoms with van der Waals surface area (Å²) in [7, 11) is -3.83. The number of thiophene rings is 1. The van der Waals surface area contributed by atoms with Crippen molar-refractivity contribution in [3.05, 3.63) is 10.8 Å². The number of rotatable bonds is 5. The molecule has 0 aliphatic carbocycles. The van der Waals surface area contributed by atoms with Gasteiger partial charge >= 0.3 is 0 Å². The largest absolute Gasteiger partial charge is 0.488 e. The Morgan fingerprint density at radius 2 is 1.83 bits per heavy atom. The van der Waals surface area contributed by atoms with Crippen molar-refractivity contribution in [3.8, 4) is 11.5 Å². The van der Waals surface area contributed by atoms with Crippen LogP contribution < -0.4 is 9.47 Å². The lowest BCUT2D eigenvalue weighted by Gasteiger charge is -2.12. The topological polar surface area (TPSA) is 72.8 Å². The van der Waals surface area contributed by atoms with Crippen molar-refractivity contribution in [2.24, 2.45) is 5.92 Å². The highest BCUT2D eigenvalue weighted by Gasteiger charge is 2.18. The Bertz CT molecular complexity index is 457. The lowest BCUT2D eigenvalue weighted by molar-refractivity contribution is 0.203. The average molecular weight is 292 g/mol. The molecule has 0 atom stereocenters. The molecule has 102 valence electrons. The van der Waals surface area contributed by atoms with E-state index in [1.807, 2.05) is 10.8 Å². The van der Waals surface area contributed by atoms with Crippen LogP contribution in [0.2, 0.25) is 0 Å². The van der Waals surface area contributed by atoms with Crippen molar-refractivity contribution in [2.75, 3.05) is 19.0 Å². The first kappa shape index (κ1) is 13.6. The van der Waals surface area contributed by atoms with Crippen LogP contribution in [0.25, 0.3) is 0 Å². The lowest BCUT2D eigenvalue weighted by atomic mass is 10.0. The third-order valence-corrected chi connectivity index (χ3v) is 4.31. The maximum atomic E-state index is 10.6. The molecule has 7 heteroatoms. The van der Waals surface area contributed by atoms with Gasteiger partial charge in [0, 0.05) is 16.7 Å². The first-order valence-electron chi connectivity index (χ1n) is 5.81. The molecular weight excluding hydrogens is 276 g/mol. The second kappa shape index (κ2) is 5.90. The molecule has 2 heterocycles. The summed E-state index contributed by atoms with van der Waals surface area (Å²) in [5, 5.41) is 3.83. The van der Waals surface area contributed by atoms with E-state index in [0.29, 0.717) is 19.6 Å². The third-order valence-electron chi connectivity index (χ3n) is 2.81. The normalized spacial score (nSPS) is 16.5. The van der Waals surface area contributed by atoms with Gasteiger partial charge < -0.3 is 9.47 Å². The van der Waals surface area contributed by atoms with E-state index < -0.39 is 10.1 Å². The Kier molecular flexibility index (Phi) is 4.47. The zero-order valence-corrected chi connectivity index (χ0v) is 11.5. The number of hydrogen-bond acceptors (Lipinski definition) is 5. The highest BCUT2D eigenvalue weighted by molar-refractivity contribution is 7.85. The van der Waals surface area contributed by atoms with Gasteiger partial charge in [-0.05, 0) is 12.8 Å².